The molecule has 1 unspecified atom stereocenters. The van der Waals surface area contributed by atoms with Gasteiger partial charge in [0.1, 0.15) is 0 Å². The number of hydrogen-bond donors (Lipinski definition) is 0. The van der Waals surface area contributed by atoms with Crippen molar-refractivity contribution < 1.29 is 22.3 Å². The van der Waals surface area contributed by atoms with Crippen molar-refractivity contribution in [3.8, 4) is 0 Å². The van der Waals surface area contributed by atoms with E-state index < -0.39 is 25.7 Å². The predicted molar refractivity (Wildman–Crippen MR) is 49.6 cm³/mol. The Kier molecular flexibility index (Phi) is 6.35. The zero-order chi connectivity index (χ0) is 11.4. The van der Waals surface area contributed by atoms with Gasteiger partial charge < -0.3 is 4.74 Å². The lowest BCUT2D eigenvalue weighted by molar-refractivity contribution is -0.308. The van der Waals surface area contributed by atoms with E-state index in [0.29, 0.717) is 6.42 Å². The lowest BCUT2D eigenvalue weighted by atomic mass is 10.3. The summed E-state index contributed by atoms with van der Waals surface area (Å²) in [6, 6.07) is 0. The molecule has 1 nitrogen and oxygen atoms in total. The molecule has 0 bridgehead atoms. The van der Waals surface area contributed by atoms with Crippen LogP contribution in [-0.2, 0) is 4.74 Å². The summed E-state index contributed by atoms with van der Waals surface area (Å²) >= 11 is 10.9. The molecular weight excluding hydrogens is 263 g/mol. The second-order valence-electron chi connectivity index (χ2n) is 2.64. The highest BCUT2D eigenvalue weighted by Crippen LogP contribution is 2.28. The van der Waals surface area contributed by atoms with E-state index in [2.05, 4.69) is 4.74 Å². The van der Waals surface area contributed by atoms with E-state index >= 15 is 0 Å². The molecule has 0 aliphatic rings. The van der Waals surface area contributed by atoms with Gasteiger partial charge in [0.15, 0.2) is 0 Å². The normalized spacial score (nSPS) is 15.2. The molecule has 0 saturated heterocycles. The Hall–Kier alpha value is 0.477. The van der Waals surface area contributed by atoms with Crippen molar-refractivity contribution in [1.82, 2.24) is 0 Å². The van der Waals surface area contributed by atoms with Crippen molar-refractivity contribution in [2.45, 2.75) is 38.0 Å². The van der Waals surface area contributed by atoms with Crippen LogP contribution >= 0.6 is 22.2 Å². The van der Waals surface area contributed by atoms with Gasteiger partial charge in [-0.25, -0.2) is 8.78 Å². The molecule has 0 amide bonds. The molecule has 0 rings (SSSR count). The lowest BCUT2D eigenvalue weighted by Gasteiger charge is -2.23. The summed E-state index contributed by atoms with van der Waals surface area (Å²) in [5.74, 6) is 0. The van der Waals surface area contributed by atoms with Gasteiger partial charge in [-0.1, -0.05) is 13.3 Å². The van der Waals surface area contributed by atoms with Crippen LogP contribution in [0.1, 0.15) is 19.8 Å². The predicted octanol–water partition coefficient (Wildman–Crippen LogP) is 3.27. The Balaban J connectivity index is 4.28. The number of rotatable bonds is 6. The van der Waals surface area contributed by atoms with Gasteiger partial charge >= 0.3 is 12.5 Å². The Morgan fingerprint density at radius 1 is 1.36 bits per heavy atom. The van der Waals surface area contributed by atoms with E-state index in [-0.39, 0.29) is 6.42 Å². The van der Waals surface area contributed by atoms with Crippen LogP contribution in [0.5, 0.6) is 0 Å². The van der Waals surface area contributed by atoms with Gasteiger partial charge in [0.25, 0.3) is 7.42 Å². The van der Waals surface area contributed by atoms with Gasteiger partial charge in [-0.15, -0.1) is 22.2 Å². The molecule has 0 aliphatic heterocycles. The number of alkyl halides is 4. The maximum atomic E-state index is 12.4. The Bertz CT molecular complexity index is 170. The van der Waals surface area contributed by atoms with Gasteiger partial charge in [-0.2, -0.15) is 8.78 Å². The highest BCUT2D eigenvalue weighted by molar-refractivity contribution is 7.34. The minimum absolute atomic E-state index is 0.159. The van der Waals surface area contributed by atoms with E-state index in [0.717, 1.165) is 0 Å². The third-order valence-corrected chi connectivity index (χ3v) is 4.13. The second kappa shape index (κ2) is 6.15. The number of halogens is 6. The SMILES string of the molecule is CCCC(OC(F)(F)C(F)F)[SiH](Cl)Cl. The first kappa shape index (κ1) is 14.5. The maximum absolute atomic E-state index is 12.4. The zero-order valence-corrected chi connectivity index (χ0v) is 9.99. The van der Waals surface area contributed by atoms with Crippen molar-refractivity contribution in [3.63, 3.8) is 0 Å². The summed E-state index contributed by atoms with van der Waals surface area (Å²) < 4.78 is 52.2. The third-order valence-electron chi connectivity index (χ3n) is 1.42. The van der Waals surface area contributed by atoms with Crippen molar-refractivity contribution >= 4 is 29.6 Å². The summed E-state index contributed by atoms with van der Waals surface area (Å²) in [6.07, 6.45) is -7.67. The Labute approximate surface area is 90.3 Å². The molecular formula is C6H10Cl2F4OSi. The molecule has 0 radical (unpaired) electrons. The molecule has 8 heteroatoms. The van der Waals surface area contributed by atoms with E-state index in [4.69, 9.17) is 22.2 Å². The summed E-state index contributed by atoms with van der Waals surface area (Å²) in [7, 11) is -2.54. The van der Waals surface area contributed by atoms with Gasteiger partial charge in [0.2, 0.25) is 0 Å². The molecule has 0 heterocycles. The maximum Gasteiger partial charge on any atom is 0.416 e. The van der Waals surface area contributed by atoms with Crippen molar-refractivity contribution in [2.24, 2.45) is 0 Å². The van der Waals surface area contributed by atoms with Gasteiger partial charge in [-0.3, -0.25) is 0 Å². The summed E-state index contributed by atoms with van der Waals surface area (Å²) in [4.78, 5) is 0. The van der Waals surface area contributed by atoms with E-state index in [1.807, 2.05) is 0 Å². The summed E-state index contributed by atoms with van der Waals surface area (Å²) in [6.45, 7) is 1.70. The summed E-state index contributed by atoms with van der Waals surface area (Å²) in [5, 5.41) is 0. The quantitative estimate of drug-likeness (QED) is 0.410. The van der Waals surface area contributed by atoms with E-state index in [1.54, 1.807) is 6.92 Å². The van der Waals surface area contributed by atoms with Gasteiger partial charge in [0, 0.05) is 0 Å². The van der Waals surface area contributed by atoms with Crippen LogP contribution in [0, 0.1) is 0 Å². The van der Waals surface area contributed by atoms with Crippen LogP contribution in [-0.4, -0.2) is 25.7 Å². The number of ether oxygens (including phenoxy) is 1. The zero-order valence-electron chi connectivity index (χ0n) is 7.32. The first-order valence-electron chi connectivity index (χ1n) is 3.93. The minimum Gasteiger partial charge on any atom is -0.313 e. The van der Waals surface area contributed by atoms with Crippen LogP contribution < -0.4 is 0 Å². The molecule has 0 spiro atoms. The lowest BCUT2D eigenvalue weighted by Crippen LogP contribution is -2.38. The van der Waals surface area contributed by atoms with Crippen LogP contribution in [0.4, 0.5) is 17.6 Å². The minimum atomic E-state index is -4.46. The average Bonchev–Trinajstić information content (AvgIpc) is 2.02. The van der Waals surface area contributed by atoms with E-state index in [1.165, 1.54) is 0 Å². The van der Waals surface area contributed by atoms with Crippen LogP contribution in [0.3, 0.4) is 0 Å². The molecule has 0 saturated carbocycles. The Morgan fingerprint density at radius 3 is 2.14 bits per heavy atom. The average molecular weight is 273 g/mol. The fourth-order valence-electron chi connectivity index (χ4n) is 0.774. The highest BCUT2D eigenvalue weighted by atomic mass is 35.7. The standard InChI is InChI=1S/C6H10Cl2F4OSi/c1-2-3-4(14(7)8)13-6(11,12)5(9)10/h4-5,14H,2-3H2,1H3. The topological polar surface area (TPSA) is 9.23 Å². The molecule has 1 atom stereocenters. The summed E-state index contributed by atoms with van der Waals surface area (Å²) in [5.41, 5.74) is -1.15. The fourth-order valence-corrected chi connectivity index (χ4v) is 2.71. The molecule has 0 aliphatic carbocycles. The number of hydrogen-bond acceptors (Lipinski definition) is 1. The second-order valence-corrected chi connectivity index (χ2v) is 7.55. The van der Waals surface area contributed by atoms with Crippen molar-refractivity contribution in [2.75, 3.05) is 0 Å². The third kappa shape index (κ3) is 4.81. The molecule has 0 fully saturated rings. The highest BCUT2D eigenvalue weighted by Gasteiger charge is 2.45. The van der Waals surface area contributed by atoms with Crippen molar-refractivity contribution in [3.05, 3.63) is 0 Å². The smallest absolute Gasteiger partial charge is 0.313 e. The van der Waals surface area contributed by atoms with Crippen LogP contribution in [0.2, 0.25) is 0 Å². The Morgan fingerprint density at radius 2 is 1.86 bits per heavy atom. The first-order valence-corrected chi connectivity index (χ1v) is 8.09. The van der Waals surface area contributed by atoms with Gasteiger partial charge in [-0.05, 0) is 6.42 Å². The monoisotopic (exact) mass is 272 g/mol. The fraction of sp³-hybridized carbons (Fsp3) is 1.00. The van der Waals surface area contributed by atoms with Gasteiger partial charge in [0.05, 0.1) is 5.73 Å². The van der Waals surface area contributed by atoms with Crippen molar-refractivity contribution in [1.29, 1.82) is 0 Å². The largest absolute Gasteiger partial charge is 0.416 e. The van der Waals surface area contributed by atoms with Crippen LogP contribution in [0.25, 0.3) is 0 Å². The van der Waals surface area contributed by atoms with E-state index in [9.17, 15) is 17.6 Å². The molecule has 86 valence electrons. The molecule has 0 aromatic carbocycles. The first-order chi connectivity index (χ1) is 6.31. The molecule has 0 N–H and O–H groups in total. The molecule has 14 heavy (non-hydrogen) atoms. The molecule has 0 aromatic rings. The van der Waals surface area contributed by atoms with Crippen LogP contribution in [0.15, 0.2) is 0 Å². The molecule has 0 aromatic heterocycles.